The highest BCUT2D eigenvalue weighted by Gasteiger charge is 2.45. The van der Waals surface area contributed by atoms with E-state index in [1.54, 1.807) is 0 Å². The molecule has 0 unspecified atom stereocenters. The van der Waals surface area contributed by atoms with E-state index < -0.39 is 5.41 Å². The van der Waals surface area contributed by atoms with Crippen LogP contribution in [0.2, 0.25) is 5.02 Å². The van der Waals surface area contributed by atoms with E-state index in [-0.39, 0.29) is 5.91 Å². The van der Waals surface area contributed by atoms with Gasteiger partial charge in [-0.1, -0.05) is 36.2 Å². The van der Waals surface area contributed by atoms with Crippen LogP contribution in [-0.4, -0.2) is 19.0 Å². The second-order valence-electron chi connectivity index (χ2n) is 7.14. The van der Waals surface area contributed by atoms with Gasteiger partial charge in [0.1, 0.15) is 0 Å². The molecule has 130 valence electrons. The molecule has 1 N–H and O–H groups in total. The fourth-order valence-electron chi connectivity index (χ4n) is 3.95. The van der Waals surface area contributed by atoms with Crippen molar-refractivity contribution in [2.75, 3.05) is 23.3 Å². The summed E-state index contributed by atoms with van der Waals surface area (Å²) in [5.74, 6) is 0.0969. The zero-order chi connectivity index (χ0) is 17.3. The Hall–Kier alpha value is -2.00. The van der Waals surface area contributed by atoms with Crippen LogP contribution in [0, 0.1) is 0 Å². The molecule has 2 aromatic carbocycles. The number of nitrogens with zero attached hydrogens (tertiary/aromatic N) is 1. The van der Waals surface area contributed by atoms with E-state index in [0.717, 1.165) is 43.6 Å². The van der Waals surface area contributed by atoms with Crippen molar-refractivity contribution in [3.05, 3.63) is 59.1 Å². The first kappa shape index (κ1) is 16.5. The first-order valence-corrected chi connectivity index (χ1v) is 9.48. The second-order valence-corrected chi connectivity index (χ2v) is 7.58. The Morgan fingerprint density at radius 1 is 1.00 bits per heavy atom. The van der Waals surface area contributed by atoms with E-state index >= 15 is 0 Å². The molecule has 0 bridgehead atoms. The molecule has 0 radical (unpaired) electrons. The number of carbonyl (C=O) groups is 1. The number of benzene rings is 2. The van der Waals surface area contributed by atoms with Crippen molar-refractivity contribution in [3.8, 4) is 0 Å². The standard InChI is InChI=1S/C21H23ClN2O/c22-17-9-7-16(8-10-17)21(11-4-12-21)20(25)23-18-5-3-6-19(15-18)24-13-1-2-14-24/h3,5-10,15H,1-2,4,11-14H2,(H,23,25). The summed E-state index contributed by atoms with van der Waals surface area (Å²) in [5.41, 5.74) is 2.74. The van der Waals surface area contributed by atoms with Crippen LogP contribution in [0.3, 0.4) is 0 Å². The van der Waals surface area contributed by atoms with Gasteiger partial charge in [0.2, 0.25) is 5.91 Å². The van der Waals surface area contributed by atoms with Gasteiger partial charge in [0, 0.05) is 29.5 Å². The average Bonchev–Trinajstić information content (AvgIpc) is 3.10. The van der Waals surface area contributed by atoms with Gasteiger partial charge in [0.25, 0.3) is 0 Å². The van der Waals surface area contributed by atoms with Gasteiger partial charge in [-0.15, -0.1) is 0 Å². The molecule has 4 heteroatoms. The van der Waals surface area contributed by atoms with Crippen LogP contribution in [0.1, 0.15) is 37.7 Å². The van der Waals surface area contributed by atoms with Crippen LogP contribution >= 0.6 is 11.6 Å². The number of halogens is 1. The Morgan fingerprint density at radius 3 is 2.36 bits per heavy atom. The maximum Gasteiger partial charge on any atom is 0.235 e. The van der Waals surface area contributed by atoms with E-state index in [1.807, 2.05) is 36.4 Å². The summed E-state index contributed by atoms with van der Waals surface area (Å²) in [6, 6.07) is 15.9. The lowest BCUT2D eigenvalue weighted by Crippen LogP contribution is -2.46. The van der Waals surface area contributed by atoms with E-state index in [0.29, 0.717) is 5.02 Å². The number of amides is 1. The molecule has 4 rings (SSSR count). The van der Waals surface area contributed by atoms with Gasteiger partial charge in [0.05, 0.1) is 5.41 Å². The van der Waals surface area contributed by atoms with Crippen LogP contribution < -0.4 is 10.2 Å². The van der Waals surface area contributed by atoms with E-state index in [4.69, 9.17) is 11.6 Å². The summed E-state index contributed by atoms with van der Waals surface area (Å²) >= 11 is 6.01. The van der Waals surface area contributed by atoms with Crippen LogP contribution in [-0.2, 0) is 10.2 Å². The zero-order valence-corrected chi connectivity index (χ0v) is 15.1. The van der Waals surface area contributed by atoms with Crippen molar-refractivity contribution in [1.82, 2.24) is 0 Å². The lowest BCUT2D eigenvalue weighted by Gasteiger charge is -2.40. The number of carbonyl (C=O) groups excluding carboxylic acids is 1. The minimum absolute atomic E-state index is 0.0969. The quantitative estimate of drug-likeness (QED) is 0.837. The molecular formula is C21H23ClN2O. The van der Waals surface area contributed by atoms with Gasteiger partial charge < -0.3 is 10.2 Å². The largest absolute Gasteiger partial charge is 0.371 e. The fraction of sp³-hybridized carbons (Fsp3) is 0.381. The summed E-state index contributed by atoms with van der Waals surface area (Å²) in [7, 11) is 0. The molecule has 3 nitrogen and oxygen atoms in total. The summed E-state index contributed by atoms with van der Waals surface area (Å²) in [4.78, 5) is 15.5. The number of nitrogens with one attached hydrogen (secondary N) is 1. The zero-order valence-electron chi connectivity index (χ0n) is 14.3. The molecule has 1 saturated heterocycles. The number of hydrogen-bond acceptors (Lipinski definition) is 2. The van der Waals surface area contributed by atoms with Crippen LogP contribution in [0.4, 0.5) is 11.4 Å². The first-order valence-electron chi connectivity index (χ1n) is 9.10. The van der Waals surface area contributed by atoms with Gasteiger partial charge in [-0.05, 0) is 61.6 Å². The second kappa shape index (κ2) is 6.72. The fourth-order valence-corrected chi connectivity index (χ4v) is 4.08. The molecule has 2 aliphatic rings. The Morgan fingerprint density at radius 2 is 1.72 bits per heavy atom. The normalized spacial score (nSPS) is 18.7. The van der Waals surface area contributed by atoms with Gasteiger partial charge in [-0.2, -0.15) is 0 Å². The predicted octanol–water partition coefficient (Wildman–Crippen LogP) is 5.00. The molecule has 0 atom stereocenters. The molecule has 1 heterocycles. The third kappa shape index (κ3) is 3.13. The van der Waals surface area contributed by atoms with E-state index in [1.165, 1.54) is 18.5 Å². The molecule has 0 aromatic heterocycles. The van der Waals surface area contributed by atoms with Crippen LogP contribution in [0.25, 0.3) is 0 Å². The van der Waals surface area contributed by atoms with Crippen molar-refractivity contribution in [3.63, 3.8) is 0 Å². The Balaban J connectivity index is 1.54. The molecule has 25 heavy (non-hydrogen) atoms. The molecule has 1 aliphatic carbocycles. The van der Waals surface area contributed by atoms with Crippen molar-refractivity contribution >= 4 is 28.9 Å². The van der Waals surface area contributed by atoms with E-state index in [2.05, 4.69) is 22.3 Å². The Kier molecular flexibility index (Phi) is 4.43. The summed E-state index contributed by atoms with van der Waals surface area (Å²) in [5, 5.41) is 3.87. The third-order valence-corrected chi connectivity index (χ3v) is 5.87. The maximum atomic E-state index is 13.1. The lowest BCUT2D eigenvalue weighted by molar-refractivity contribution is -0.124. The summed E-state index contributed by atoms with van der Waals surface area (Å²) < 4.78 is 0. The van der Waals surface area contributed by atoms with Gasteiger partial charge in [0.15, 0.2) is 0 Å². The maximum absolute atomic E-state index is 13.1. The minimum Gasteiger partial charge on any atom is -0.371 e. The van der Waals surface area contributed by atoms with Crippen molar-refractivity contribution < 1.29 is 4.79 Å². The van der Waals surface area contributed by atoms with Crippen molar-refractivity contribution in [2.24, 2.45) is 0 Å². The minimum atomic E-state index is -0.408. The van der Waals surface area contributed by atoms with Gasteiger partial charge >= 0.3 is 0 Å². The molecule has 1 saturated carbocycles. The summed E-state index contributed by atoms with van der Waals surface area (Å²) in [6.45, 7) is 2.21. The Labute approximate surface area is 154 Å². The van der Waals surface area contributed by atoms with Crippen LogP contribution in [0.5, 0.6) is 0 Å². The molecule has 2 aromatic rings. The highest BCUT2D eigenvalue weighted by atomic mass is 35.5. The SMILES string of the molecule is O=C(Nc1cccc(N2CCCC2)c1)C1(c2ccc(Cl)cc2)CCC1. The van der Waals surface area contributed by atoms with E-state index in [9.17, 15) is 4.79 Å². The molecule has 1 aliphatic heterocycles. The third-order valence-electron chi connectivity index (χ3n) is 5.61. The predicted molar refractivity (Wildman–Crippen MR) is 103 cm³/mol. The van der Waals surface area contributed by atoms with Crippen LogP contribution in [0.15, 0.2) is 48.5 Å². The molecule has 1 amide bonds. The monoisotopic (exact) mass is 354 g/mol. The number of anilines is 2. The molecule has 0 spiro atoms. The van der Waals surface area contributed by atoms with Crippen molar-refractivity contribution in [2.45, 2.75) is 37.5 Å². The topological polar surface area (TPSA) is 32.3 Å². The highest BCUT2D eigenvalue weighted by Crippen LogP contribution is 2.45. The number of rotatable bonds is 4. The van der Waals surface area contributed by atoms with Gasteiger partial charge in [-0.3, -0.25) is 4.79 Å². The number of hydrogen-bond donors (Lipinski definition) is 1. The summed E-state index contributed by atoms with van der Waals surface area (Å²) in [6.07, 6.45) is 5.37. The Bertz CT molecular complexity index is 762. The highest BCUT2D eigenvalue weighted by molar-refractivity contribution is 6.30. The first-order chi connectivity index (χ1) is 12.2. The average molecular weight is 355 g/mol. The smallest absolute Gasteiger partial charge is 0.235 e. The molecular weight excluding hydrogens is 332 g/mol. The molecule has 2 fully saturated rings. The lowest BCUT2D eigenvalue weighted by atomic mass is 9.64. The van der Waals surface area contributed by atoms with Gasteiger partial charge in [-0.25, -0.2) is 0 Å². The van der Waals surface area contributed by atoms with Crippen molar-refractivity contribution in [1.29, 1.82) is 0 Å².